The van der Waals surface area contributed by atoms with E-state index < -0.39 is 5.54 Å². The minimum atomic E-state index is -0.832. The molecule has 1 aliphatic rings. The van der Waals surface area contributed by atoms with Gasteiger partial charge in [0.2, 0.25) is 5.91 Å². The highest BCUT2D eigenvalue weighted by molar-refractivity contribution is 6.21. The normalized spacial score (nSPS) is 14.3. The molecular formula is C15H18N2O4. The van der Waals surface area contributed by atoms with Gasteiger partial charge in [-0.15, -0.1) is 0 Å². The second-order valence-electron chi connectivity index (χ2n) is 5.47. The number of amides is 3. The summed E-state index contributed by atoms with van der Waals surface area (Å²) in [7, 11) is 1.51. The molecule has 0 radical (unpaired) electrons. The maximum Gasteiger partial charge on any atom is 0.262 e. The van der Waals surface area contributed by atoms with Crippen LogP contribution in [0.25, 0.3) is 0 Å². The number of hydrogen-bond acceptors (Lipinski definition) is 4. The summed E-state index contributed by atoms with van der Waals surface area (Å²) in [6.07, 6.45) is 0. The Kier molecular flexibility index (Phi) is 4.09. The maximum atomic E-state index is 12.4. The Morgan fingerprint density at radius 2 is 1.71 bits per heavy atom. The molecule has 1 N–H and O–H groups in total. The molecule has 112 valence electrons. The third-order valence-corrected chi connectivity index (χ3v) is 3.37. The fourth-order valence-corrected chi connectivity index (χ4v) is 2.27. The van der Waals surface area contributed by atoms with Gasteiger partial charge < -0.3 is 10.1 Å². The van der Waals surface area contributed by atoms with Gasteiger partial charge in [-0.25, -0.2) is 0 Å². The van der Waals surface area contributed by atoms with Crippen molar-refractivity contribution in [2.45, 2.75) is 19.4 Å². The standard InChI is InChI=1S/C15H18N2O4/c1-15(2,9-21-8-12(18)16-3)17-13(19)10-6-4-5-7-11(10)14(17)20/h4-7H,8-9H2,1-3H3,(H,16,18). The van der Waals surface area contributed by atoms with E-state index in [1.807, 2.05) is 0 Å². The van der Waals surface area contributed by atoms with E-state index in [2.05, 4.69) is 5.32 Å². The summed E-state index contributed by atoms with van der Waals surface area (Å²) in [5.41, 5.74) is -0.0231. The molecule has 6 nitrogen and oxygen atoms in total. The van der Waals surface area contributed by atoms with Crippen LogP contribution in [0.1, 0.15) is 34.6 Å². The van der Waals surface area contributed by atoms with Crippen LogP contribution in [0.3, 0.4) is 0 Å². The number of carbonyl (C=O) groups excluding carboxylic acids is 3. The molecular weight excluding hydrogens is 272 g/mol. The lowest BCUT2D eigenvalue weighted by molar-refractivity contribution is -0.126. The fraction of sp³-hybridized carbons (Fsp3) is 0.400. The van der Waals surface area contributed by atoms with Gasteiger partial charge in [0, 0.05) is 7.05 Å². The van der Waals surface area contributed by atoms with Crippen molar-refractivity contribution in [3.63, 3.8) is 0 Å². The largest absolute Gasteiger partial charge is 0.369 e. The van der Waals surface area contributed by atoms with E-state index in [1.165, 1.54) is 11.9 Å². The molecule has 0 aromatic heterocycles. The molecule has 21 heavy (non-hydrogen) atoms. The summed E-state index contributed by atoms with van der Waals surface area (Å²) < 4.78 is 5.30. The highest BCUT2D eigenvalue weighted by atomic mass is 16.5. The SMILES string of the molecule is CNC(=O)COCC(C)(C)N1C(=O)c2ccccc2C1=O. The molecule has 1 aromatic carbocycles. The van der Waals surface area contributed by atoms with Crippen molar-refractivity contribution < 1.29 is 19.1 Å². The van der Waals surface area contributed by atoms with Crippen LogP contribution in [-0.2, 0) is 9.53 Å². The number of likely N-dealkylation sites (N-methyl/N-ethyl adjacent to an activating group) is 1. The first-order valence-corrected chi connectivity index (χ1v) is 6.65. The first kappa shape index (κ1) is 15.2. The summed E-state index contributed by atoms with van der Waals surface area (Å²) in [4.78, 5) is 37.1. The van der Waals surface area contributed by atoms with Crippen molar-refractivity contribution >= 4 is 17.7 Å². The van der Waals surface area contributed by atoms with Crippen LogP contribution >= 0.6 is 0 Å². The minimum Gasteiger partial charge on any atom is -0.369 e. The van der Waals surface area contributed by atoms with Gasteiger partial charge in [0.25, 0.3) is 11.8 Å². The summed E-state index contributed by atoms with van der Waals surface area (Å²) in [5, 5.41) is 2.44. The molecule has 1 aromatic rings. The predicted molar refractivity (Wildman–Crippen MR) is 75.9 cm³/mol. The molecule has 0 saturated carbocycles. The zero-order chi connectivity index (χ0) is 15.6. The van der Waals surface area contributed by atoms with Crippen LogP contribution in [0.5, 0.6) is 0 Å². The van der Waals surface area contributed by atoms with Crippen molar-refractivity contribution in [3.8, 4) is 0 Å². The Morgan fingerprint density at radius 1 is 1.19 bits per heavy atom. The number of fused-ring (bicyclic) bond motifs is 1. The minimum absolute atomic E-state index is 0.0892. The smallest absolute Gasteiger partial charge is 0.262 e. The van der Waals surface area contributed by atoms with Gasteiger partial charge >= 0.3 is 0 Å². The van der Waals surface area contributed by atoms with Crippen LogP contribution in [0.2, 0.25) is 0 Å². The summed E-state index contributed by atoms with van der Waals surface area (Å²) >= 11 is 0. The number of ether oxygens (including phenoxy) is 1. The number of carbonyl (C=O) groups is 3. The molecule has 0 fully saturated rings. The van der Waals surface area contributed by atoms with Crippen molar-refractivity contribution in [2.24, 2.45) is 0 Å². The van der Waals surface area contributed by atoms with E-state index in [4.69, 9.17) is 4.74 Å². The first-order chi connectivity index (χ1) is 9.88. The quantitative estimate of drug-likeness (QED) is 0.815. The molecule has 0 atom stereocenters. The van der Waals surface area contributed by atoms with Gasteiger partial charge in [-0.1, -0.05) is 12.1 Å². The molecule has 2 rings (SSSR count). The van der Waals surface area contributed by atoms with E-state index in [0.717, 1.165) is 0 Å². The fourth-order valence-electron chi connectivity index (χ4n) is 2.27. The zero-order valence-electron chi connectivity index (χ0n) is 12.3. The second-order valence-corrected chi connectivity index (χ2v) is 5.47. The highest BCUT2D eigenvalue weighted by Gasteiger charge is 2.43. The van der Waals surface area contributed by atoms with E-state index in [9.17, 15) is 14.4 Å². The molecule has 0 saturated heterocycles. The molecule has 3 amide bonds. The van der Waals surface area contributed by atoms with E-state index in [0.29, 0.717) is 11.1 Å². The summed E-state index contributed by atoms with van der Waals surface area (Å²) in [5.74, 6) is -0.915. The van der Waals surface area contributed by atoms with E-state index >= 15 is 0 Å². The Balaban J connectivity index is 2.13. The van der Waals surface area contributed by atoms with Crippen LogP contribution < -0.4 is 5.32 Å². The van der Waals surface area contributed by atoms with E-state index in [1.54, 1.807) is 38.1 Å². The predicted octanol–water partition coefficient (Wildman–Crippen LogP) is 0.824. The lowest BCUT2D eigenvalue weighted by atomic mass is 10.0. The number of benzene rings is 1. The van der Waals surface area contributed by atoms with Gasteiger partial charge in [-0.2, -0.15) is 0 Å². The number of imide groups is 1. The molecule has 0 spiro atoms. The Morgan fingerprint density at radius 3 is 2.19 bits per heavy atom. The maximum absolute atomic E-state index is 12.4. The third-order valence-electron chi connectivity index (χ3n) is 3.37. The van der Waals surface area contributed by atoms with Gasteiger partial charge in [0.05, 0.1) is 23.3 Å². The van der Waals surface area contributed by atoms with Gasteiger partial charge in [-0.3, -0.25) is 19.3 Å². The summed E-state index contributed by atoms with van der Waals surface area (Å²) in [6, 6.07) is 6.72. The highest BCUT2D eigenvalue weighted by Crippen LogP contribution is 2.29. The van der Waals surface area contributed by atoms with Crippen LogP contribution in [0.4, 0.5) is 0 Å². The second kappa shape index (κ2) is 5.65. The Labute approximate surface area is 123 Å². The third kappa shape index (κ3) is 2.80. The molecule has 0 unspecified atom stereocenters. The van der Waals surface area contributed by atoms with Crippen molar-refractivity contribution in [1.82, 2.24) is 10.2 Å². The molecule has 1 heterocycles. The van der Waals surface area contributed by atoms with Crippen molar-refractivity contribution in [2.75, 3.05) is 20.3 Å². The van der Waals surface area contributed by atoms with Crippen LogP contribution in [0, 0.1) is 0 Å². The Bertz CT molecular complexity index is 560. The lowest BCUT2D eigenvalue weighted by Crippen LogP contribution is -2.51. The molecule has 0 bridgehead atoms. The number of hydrogen-bond donors (Lipinski definition) is 1. The first-order valence-electron chi connectivity index (χ1n) is 6.65. The monoisotopic (exact) mass is 290 g/mol. The lowest BCUT2D eigenvalue weighted by Gasteiger charge is -2.33. The molecule has 6 heteroatoms. The average Bonchev–Trinajstić information content (AvgIpc) is 2.71. The van der Waals surface area contributed by atoms with Crippen LogP contribution in [0.15, 0.2) is 24.3 Å². The topological polar surface area (TPSA) is 75.7 Å². The van der Waals surface area contributed by atoms with Crippen LogP contribution in [-0.4, -0.2) is 48.4 Å². The zero-order valence-corrected chi connectivity index (χ0v) is 12.3. The molecule has 0 aliphatic carbocycles. The molecule has 1 aliphatic heterocycles. The van der Waals surface area contributed by atoms with Gasteiger partial charge in [0.15, 0.2) is 0 Å². The van der Waals surface area contributed by atoms with Gasteiger partial charge in [0.1, 0.15) is 6.61 Å². The van der Waals surface area contributed by atoms with Crippen molar-refractivity contribution in [1.29, 1.82) is 0 Å². The number of nitrogens with one attached hydrogen (secondary N) is 1. The van der Waals surface area contributed by atoms with Gasteiger partial charge in [-0.05, 0) is 26.0 Å². The number of rotatable bonds is 5. The number of nitrogens with zero attached hydrogens (tertiary/aromatic N) is 1. The Hall–Kier alpha value is -2.21. The average molecular weight is 290 g/mol. The summed E-state index contributed by atoms with van der Waals surface area (Å²) in [6.45, 7) is 3.45. The van der Waals surface area contributed by atoms with Crippen molar-refractivity contribution in [3.05, 3.63) is 35.4 Å². The van der Waals surface area contributed by atoms with E-state index in [-0.39, 0.29) is 30.9 Å².